The van der Waals surface area contributed by atoms with Crippen molar-refractivity contribution in [1.82, 2.24) is 13.9 Å². The summed E-state index contributed by atoms with van der Waals surface area (Å²) in [6.45, 7) is 3.96. The minimum absolute atomic E-state index is 0.271. The molecule has 1 atom stereocenters. The summed E-state index contributed by atoms with van der Waals surface area (Å²) in [5.41, 5.74) is 2.11. The number of benzene rings is 1. The van der Waals surface area contributed by atoms with Gasteiger partial charge in [-0.25, -0.2) is 22.9 Å². The van der Waals surface area contributed by atoms with Gasteiger partial charge >= 0.3 is 6.09 Å². The molecule has 0 bridgehead atoms. The van der Waals surface area contributed by atoms with Crippen molar-refractivity contribution >= 4 is 34.1 Å². The van der Waals surface area contributed by atoms with Gasteiger partial charge in [0.25, 0.3) is 0 Å². The van der Waals surface area contributed by atoms with Crippen molar-refractivity contribution in [2.45, 2.75) is 18.7 Å². The number of amides is 1. The molecule has 0 aliphatic carbocycles. The first kappa shape index (κ1) is 16.1. The Hall–Kier alpha value is -2.74. The molecule has 0 aliphatic heterocycles. The monoisotopic (exact) mass is 344 g/mol. The number of hydrogen-bond donors (Lipinski definition) is 1. The summed E-state index contributed by atoms with van der Waals surface area (Å²) in [5, 5.41) is 2.49. The largest absolute Gasteiger partial charge is 0.450 e. The number of fused-ring (bicyclic) bond motifs is 1. The van der Waals surface area contributed by atoms with Crippen LogP contribution in [0.1, 0.15) is 12.5 Å². The first-order valence-corrected chi connectivity index (χ1v) is 8.46. The van der Waals surface area contributed by atoms with Gasteiger partial charge in [-0.2, -0.15) is 0 Å². The maximum Gasteiger partial charge on any atom is 0.412 e. The summed E-state index contributed by atoms with van der Waals surface area (Å²) in [6, 6.07) is 9.16. The fourth-order valence-electron chi connectivity index (χ4n) is 2.12. The van der Waals surface area contributed by atoms with Crippen LogP contribution >= 0.6 is 0 Å². The summed E-state index contributed by atoms with van der Waals surface area (Å²) in [6.07, 6.45) is 2.48. The minimum Gasteiger partial charge on any atom is -0.450 e. The van der Waals surface area contributed by atoms with Crippen LogP contribution in [-0.4, -0.2) is 30.8 Å². The summed E-state index contributed by atoms with van der Waals surface area (Å²) in [4.78, 5) is 20.6. The molecule has 8 heteroatoms. The standard InChI is InChI=1S/C16H16N4O3S/c1-3-23-16(21)19-14-10-17-15-13(18-14)8-9-20(15)24(22)12-6-4-11(2)5-7-12/h4-10H,3H2,1-2H3,(H,18,19,21). The minimum atomic E-state index is -1.42. The molecule has 0 saturated carbocycles. The third-order valence-corrected chi connectivity index (χ3v) is 4.59. The second-order valence-corrected chi connectivity index (χ2v) is 6.38. The van der Waals surface area contributed by atoms with Crippen LogP contribution in [0.5, 0.6) is 0 Å². The van der Waals surface area contributed by atoms with Gasteiger partial charge in [0.1, 0.15) is 5.52 Å². The van der Waals surface area contributed by atoms with Crippen LogP contribution in [0.3, 0.4) is 0 Å². The molecule has 0 spiro atoms. The number of nitrogens with zero attached hydrogens (tertiary/aromatic N) is 3. The van der Waals surface area contributed by atoms with Crippen LogP contribution in [0.4, 0.5) is 10.6 Å². The van der Waals surface area contributed by atoms with E-state index in [0.29, 0.717) is 16.1 Å². The van der Waals surface area contributed by atoms with Crippen molar-refractivity contribution in [3.8, 4) is 0 Å². The topological polar surface area (TPSA) is 86.1 Å². The lowest BCUT2D eigenvalue weighted by Gasteiger charge is -2.06. The molecule has 1 N–H and O–H groups in total. The smallest absolute Gasteiger partial charge is 0.412 e. The molecular formula is C16H16N4O3S. The Morgan fingerprint density at radius 1 is 1.29 bits per heavy atom. The third kappa shape index (κ3) is 3.28. The predicted octanol–water partition coefficient (Wildman–Crippen LogP) is 2.88. The van der Waals surface area contributed by atoms with E-state index in [9.17, 15) is 9.00 Å². The number of rotatable bonds is 4. The quantitative estimate of drug-likeness (QED) is 0.786. The van der Waals surface area contributed by atoms with E-state index in [2.05, 4.69) is 15.3 Å². The maximum absolute atomic E-state index is 12.7. The maximum atomic E-state index is 12.7. The highest BCUT2D eigenvalue weighted by atomic mass is 32.2. The van der Waals surface area contributed by atoms with Crippen LogP contribution in [-0.2, 0) is 15.7 Å². The zero-order chi connectivity index (χ0) is 17.1. The van der Waals surface area contributed by atoms with Crippen LogP contribution in [0, 0.1) is 6.92 Å². The average molecular weight is 344 g/mol. The molecule has 3 aromatic rings. The molecular weight excluding hydrogens is 328 g/mol. The normalized spacial score (nSPS) is 12.1. The van der Waals surface area contributed by atoms with E-state index in [-0.39, 0.29) is 12.4 Å². The van der Waals surface area contributed by atoms with Crippen LogP contribution in [0.2, 0.25) is 0 Å². The molecule has 0 aliphatic rings. The average Bonchev–Trinajstić information content (AvgIpc) is 2.98. The van der Waals surface area contributed by atoms with Crippen LogP contribution < -0.4 is 5.32 Å². The molecule has 0 saturated heterocycles. The van der Waals surface area contributed by atoms with Crippen molar-refractivity contribution in [2.24, 2.45) is 0 Å². The Labute approximate surface area is 141 Å². The van der Waals surface area contributed by atoms with Crippen molar-refractivity contribution in [2.75, 3.05) is 11.9 Å². The first-order chi connectivity index (χ1) is 11.6. The lowest BCUT2D eigenvalue weighted by molar-refractivity contribution is 0.168. The molecule has 1 aromatic carbocycles. The van der Waals surface area contributed by atoms with E-state index in [1.165, 1.54) is 6.20 Å². The van der Waals surface area contributed by atoms with Crippen LogP contribution in [0.25, 0.3) is 11.2 Å². The molecule has 7 nitrogen and oxygen atoms in total. The molecule has 24 heavy (non-hydrogen) atoms. The number of carbonyl (C=O) groups excluding carboxylic acids is 1. The molecule has 0 radical (unpaired) electrons. The van der Waals surface area contributed by atoms with Gasteiger partial charge in [-0.05, 0) is 32.0 Å². The van der Waals surface area contributed by atoms with Gasteiger partial charge in [-0.15, -0.1) is 0 Å². The van der Waals surface area contributed by atoms with E-state index < -0.39 is 17.1 Å². The van der Waals surface area contributed by atoms with E-state index in [1.807, 2.05) is 31.2 Å². The number of hydrogen-bond acceptors (Lipinski definition) is 5. The van der Waals surface area contributed by atoms with Crippen LogP contribution in [0.15, 0.2) is 47.6 Å². The fraction of sp³-hybridized carbons (Fsp3) is 0.188. The molecule has 0 fully saturated rings. The van der Waals surface area contributed by atoms with Gasteiger partial charge in [0.15, 0.2) is 22.5 Å². The number of ether oxygens (including phenoxy) is 1. The highest BCUT2D eigenvalue weighted by Crippen LogP contribution is 2.18. The SMILES string of the molecule is CCOC(=O)Nc1cnc2c(ccn2S(=O)c2ccc(C)cc2)n1. The zero-order valence-corrected chi connectivity index (χ0v) is 14.0. The fourth-order valence-corrected chi connectivity index (χ4v) is 3.19. The lowest BCUT2D eigenvalue weighted by Crippen LogP contribution is -2.14. The van der Waals surface area contributed by atoms with Gasteiger partial charge in [-0.1, -0.05) is 17.7 Å². The number of nitrogens with one attached hydrogen (secondary N) is 1. The predicted molar refractivity (Wildman–Crippen MR) is 91.2 cm³/mol. The second-order valence-electron chi connectivity index (χ2n) is 5.01. The van der Waals surface area contributed by atoms with Crippen molar-refractivity contribution < 1.29 is 13.7 Å². The summed E-state index contributed by atoms with van der Waals surface area (Å²) in [5.74, 6) is 0.278. The summed E-state index contributed by atoms with van der Waals surface area (Å²) in [7, 11) is -1.42. The Kier molecular flexibility index (Phi) is 4.57. The molecule has 3 rings (SSSR count). The van der Waals surface area contributed by atoms with Gasteiger partial charge in [0, 0.05) is 6.20 Å². The summed E-state index contributed by atoms with van der Waals surface area (Å²) >= 11 is 0. The number of anilines is 1. The molecule has 2 heterocycles. The van der Waals surface area contributed by atoms with Gasteiger partial charge in [0.05, 0.1) is 17.7 Å². The Balaban J connectivity index is 1.89. The van der Waals surface area contributed by atoms with Crippen molar-refractivity contribution in [3.05, 3.63) is 48.3 Å². The van der Waals surface area contributed by atoms with Crippen molar-refractivity contribution in [3.63, 3.8) is 0 Å². The summed E-state index contributed by atoms with van der Waals surface area (Å²) < 4.78 is 19.0. The Bertz CT molecular complexity index is 905. The van der Waals surface area contributed by atoms with Crippen molar-refractivity contribution in [1.29, 1.82) is 0 Å². The van der Waals surface area contributed by atoms with E-state index >= 15 is 0 Å². The number of aryl methyl sites for hydroxylation is 1. The molecule has 2 aromatic heterocycles. The van der Waals surface area contributed by atoms with E-state index in [1.54, 1.807) is 23.2 Å². The highest BCUT2D eigenvalue weighted by molar-refractivity contribution is 7.83. The van der Waals surface area contributed by atoms with E-state index in [0.717, 1.165) is 5.56 Å². The Morgan fingerprint density at radius 3 is 2.75 bits per heavy atom. The van der Waals surface area contributed by atoms with Gasteiger partial charge < -0.3 is 4.74 Å². The highest BCUT2D eigenvalue weighted by Gasteiger charge is 2.13. The van der Waals surface area contributed by atoms with Gasteiger partial charge in [0.2, 0.25) is 0 Å². The molecule has 1 amide bonds. The number of aromatic nitrogens is 3. The van der Waals surface area contributed by atoms with E-state index in [4.69, 9.17) is 4.74 Å². The Morgan fingerprint density at radius 2 is 2.04 bits per heavy atom. The second kappa shape index (κ2) is 6.79. The first-order valence-electron chi connectivity index (χ1n) is 7.35. The number of carbonyl (C=O) groups is 1. The lowest BCUT2D eigenvalue weighted by atomic mass is 10.2. The molecule has 124 valence electrons. The van der Waals surface area contributed by atoms with Gasteiger partial charge in [-0.3, -0.25) is 5.32 Å². The third-order valence-electron chi connectivity index (χ3n) is 3.26. The molecule has 1 unspecified atom stereocenters. The zero-order valence-electron chi connectivity index (χ0n) is 13.2.